The topological polar surface area (TPSA) is 25.2 Å². The molecule has 0 atom stereocenters. The summed E-state index contributed by atoms with van der Waals surface area (Å²) in [6.07, 6.45) is 2.09. The van der Waals surface area contributed by atoms with Gasteiger partial charge in [0.2, 0.25) is 0 Å². The second-order valence-electron chi connectivity index (χ2n) is 5.57. The minimum atomic E-state index is -0.801. The van der Waals surface area contributed by atoms with Crippen LogP contribution in [0.4, 0.5) is 0 Å². The van der Waals surface area contributed by atoms with Gasteiger partial charge >= 0.3 is 0 Å². The van der Waals surface area contributed by atoms with E-state index in [4.69, 9.17) is 0 Å². The molecule has 0 aliphatic rings. The molecule has 2 nitrogen and oxygen atoms in total. The van der Waals surface area contributed by atoms with Crippen LogP contribution in [0.3, 0.4) is 0 Å². The van der Waals surface area contributed by atoms with Crippen molar-refractivity contribution in [2.75, 3.05) is 0 Å². The van der Waals surface area contributed by atoms with Gasteiger partial charge in [-0.1, -0.05) is 12.1 Å². The molecule has 0 saturated carbocycles. The second-order valence-corrected chi connectivity index (χ2v) is 5.57. The smallest absolute Gasteiger partial charge is 0.0861 e. The van der Waals surface area contributed by atoms with Crippen LogP contribution in [0.25, 0.3) is 10.9 Å². The maximum atomic E-state index is 10.3. The standard InChI is InChI=1S/C15H21NO/c1-10(2)16-9-12(15(4,5)17)14-11(3)7-6-8-13(14)16/h6-10,17H,1-5H3. The molecule has 0 saturated heterocycles. The fourth-order valence-electron chi connectivity index (χ4n) is 2.38. The van der Waals surface area contributed by atoms with Crippen molar-refractivity contribution in [2.24, 2.45) is 0 Å². The highest BCUT2D eigenvalue weighted by Gasteiger charge is 2.23. The SMILES string of the molecule is Cc1cccc2c1c(C(C)(C)O)cn2C(C)C. The summed E-state index contributed by atoms with van der Waals surface area (Å²) in [7, 11) is 0. The van der Waals surface area contributed by atoms with E-state index < -0.39 is 5.60 Å². The average Bonchev–Trinajstić information content (AvgIpc) is 2.57. The molecule has 2 heteroatoms. The Labute approximate surface area is 103 Å². The molecule has 0 aliphatic heterocycles. The number of aromatic nitrogens is 1. The fourth-order valence-corrected chi connectivity index (χ4v) is 2.38. The van der Waals surface area contributed by atoms with Gasteiger partial charge in [-0.05, 0) is 46.2 Å². The van der Waals surface area contributed by atoms with Crippen molar-refractivity contribution in [3.05, 3.63) is 35.5 Å². The first kappa shape index (κ1) is 12.2. The van der Waals surface area contributed by atoms with Gasteiger partial charge in [-0.2, -0.15) is 0 Å². The second kappa shape index (κ2) is 3.88. The van der Waals surface area contributed by atoms with Crippen LogP contribution in [0.5, 0.6) is 0 Å². The Kier molecular flexibility index (Phi) is 2.78. The predicted molar refractivity (Wildman–Crippen MR) is 72.3 cm³/mol. The first-order chi connectivity index (χ1) is 7.82. The lowest BCUT2D eigenvalue weighted by atomic mass is 9.96. The summed E-state index contributed by atoms with van der Waals surface area (Å²) in [5, 5.41) is 11.5. The van der Waals surface area contributed by atoms with Gasteiger partial charge in [0.25, 0.3) is 0 Å². The third kappa shape index (κ3) is 1.98. The van der Waals surface area contributed by atoms with E-state index in [2.05, 4.69) is 49.7 Å². The quantitative estimate of drug-likeness (QED) is 0.836. The maximum absolute atomic E-state index is 10.3. The van der Waals surface area contributed by atoms with Crippen molar-refractivity contribution in [3.8, 4) is 0 Å². The molecule has 1 heterocycles. The van der Waals surface area contributed by atoms with Crippen LogP contribution in [0, 0.1) is 6.92 Å². The number of nitrogens with zero attached hydrogens (tertiary/aromatic N) is 1. The van der Waals surface area contributed by atoms with Crippen molar-refractivity contribution < 1.29 is 5.11 Å². The predicted octanol–water partition coefficient (Wildman–Crippen LogP) is 3.76. The van der Waals surface area contributed by atoms with Crippen LogP contribution < -0.4 is 0 Å². The van der Waals surface area contributed by atoms with E-state index in [0.29, 0.717) is 6.04 Å². The minimum absolute atomic E-state index is 0.399. The molecule has 0 radical (unpaired) electrons. The van der Waals surface area contributed by atoms with E-state index in [9.17, 15) is 5.11 Å². The third-order valence-corrected chi connectivity index (χ3v) is 3.28. The Morgan fingerprint density at radius 1 is 1.24 bits per heavy atom. The molecule has 1 N–H and O–H groups in total. The number of aliphatic hydroxyl groups is 1. The zero-order valence-electron chi connectivity index (χ0n) is 11.3. The fraction of sp³-hybridized carbons (Fsp3) is 0.467. The molecule has 2 aromatic rings. The summed E-state index contributed by atoms with van der Waals surface area (Å²) in [6, 6.07) is 6.69. The van der Waals surface area contributed by atoms with Gasteiger partial charge in [-0.15, -0.1) is 0 Å². The summed E-state index contributed by atoms with van der Waals surface area (Å²) >= 11 is 0. The molecule has 0 spiro atoms. The zero-order valence-corrected chi connectivity index (χ0v) is 11.3. The largest absolute Gasteiger partial charge is 0.386 e. The molecular formula is C15H21NO. The van der Waals surface area contributed by atoms with Gasteiger partial charge < -0.3 is 9.67 Å². The normalized spacial score (nSPS) is 12.6. The van der Waals surface area contributed by atoms with Gasteiger partial charge in [0.15, 0.2) is 0 Å². The van der Waals surface area contributed by atoms with Crippen LogP contribution in [-0.4, -0.2) is 9.67 Å². The molecule has 1 aromatic carbocycles. The number of benzene rings is 1. The summed E-state index contributed by atoms with van der Waals surface area (Å²) < 4.78 is 2.23. The lowest BCUT2D eigenvalue weighted by molar-refractivity contribution is 0.0799. The van der Waals surface area contributed by atoms with Crippen LogP contribution in [0.15, 0.2) is 24.4 Å². The van der Waals surface area contributed by atoms with Crippen LogP contribution in [-0.2, 0) is 5.60 Å². The highest BCUT2D eigenvalue weighted by Crippen LogP contribution is 2.33. The Morgan fingerprint density at radius 3 is 2.41 bits per heavy atom. The van der Waals surface area contributed by atoms with Crippen LogP contribution in [0.2, 0.25) is 0 Å². The zero-order chi connectivity index (χ0) is 12.8. The molecule has 0 amide bonds. The highest BCUT2D eigenvalue weighted by atomic mass is 16.3. The van der Waals surface area contributed by atoms with Crippen molar-refractivity contribution in [3.63, 3.8) is 0 Å². The van der Waals surface area contributed by atoms with E-state index in [0.717, 1.165) is 5.56 Å². The van der Waals surface area contributed by atoms with E-state index in [1.54, 1.807) is 0 Å². The van der Waals surface area contributed by atoms with Crippen molar-refractivity contribution >= 4 is 10.9 Å². The van der Waals surface area contributed by atoms with Gasteiger partial charge in [0.05, 0.1) is 5.60 Å². The molecule has 0 unspecified atom stereocenters. The Morgan fingerprint density at radius 2 is 1.88 bits per heavy atom. The highest BCUT2D eigenvalue weighted by molar-refractivity contribution is 5.88. The number of hydrogen-bond donors (Lipinski definition) is 1. The van der Waals surface area contributed by atoms with Gasteiger partial charge in [-0.25, -0.2) is 0 Å². The average molecular weight is 231 g/mol. The Bertz CT molecular complexity index is 544. The molecule has 0 fully saturated rings. The summed E-state index contributed by atoms with van der Waals surface area (Å²) in [5.74, 6) is 0. The number of hydrogen-bond acceptors (Lipinski definition) is 1. The molecular weight excluding hydrogens is 210 g/mol. The maximum Gasteiger partial charge on any atom is 0.0861 e. The summed E-state index contributed by atoms with van der Waals surface area (Å²) in [5.41, 5.74) is 2.64. The van der Waals surface area contributed by atoms with Crippen molar-refractivity contribution in [2.45, 2.75) is 46.3 Å². The molecule has 92 valence electrons. The molecule has 0 aliphatic carbocycles. The first-order valence-corrected chi connectivity index (χ1v) is 6.15. The van der Waals surface area contributed by atoms with E-state index >= 15 is 0 Å². The Hall–Kier alpha value is -1.28. The van der Waals surface area contributed by atoms with Crippen LogP contribution in [0.1, 0.15) is 44.9 Å². The summed E-state index contributed by atoms with van der Waals surface area (Å²) in [4.78, 5) is 0. The molecule has 17 heavy (non-hydrogen) atoms. The van der Waals surface area contributed by atoms with E-state index in [1.165, 1.54) is 16.5 Å². The third-order valence-electron chi connectivity index (χ3n) is 3.28. The summed E-state index contributed by atoms with van der Waals surface area (Å²) in [6.45, 7) is 10.1. The van der Waals surface area contributed by atoms with Gasteiger partial charge in [0, 0.05) is 28.7 Å². The van der Waals surface area contributed by atoms with E-state index in [1.807, 2.05) is 13.8 Å². The number of fused-ring (bicyclic) bond motifs is 1. The lowest BCUT2D eigenvalue weighted by Crippen LogP contribution is -2.15. The minimum Gasteiger partial charge on any atom is -0.386 e. The number of aryl methyl sites for hydroxylation is 1. The van der Waals surface area contributed by atoms with Crippen LogP contribution >= 0.6 is 0 Å². The van der Waals surface area contributed by atoms with Gasteiger partial charge in [0.1, 0.15) is 0 Å². The molecule has 2 rings (SSSR count). The monoisotopic (exact) mass is 231 g/mol. The van der Waals surface area contributed by atoms with E-state index in [-0.39, 0.29) is 0 Å². The Balaban J connectivity index is 2.86. The van der Waals surface area contributed by atoms with Crippen molar-refractivity contribution in [1.29, 1.82) is 0 Å². The molecule has 1 aromatic heterocycles. The first-order valence-electron chi connectivity index (χ1n) is 6.15. The molecule has 0 bridgehead atoms. The van der Waals surface area contributed by atoms with Crippen molar-refractivity contribution in [1.82, 2.24) is 4.57 Å². The van der Waals surface area contributed by atoms with Gasteiger partial charge in [-0.3, -0.25) is 0 Å². The number of rotatable bonds is 2. The lowest BCUT2D eigenvalue weighted by Gasteiger charge is -2.17.